The van der Waals surface area contributed by atoms with Gasteiger partial charge < -0.3 is 0 Å². The minimum absolute atomic E-state index is 0.145. The summed E-state index contributed by atoms with van der Waals surface area (Å²) in [5.74, 6) is 3.79. The second-order valence-corrected chi connectivity index (χ2v) is 66.9. The van der Waals surface area contributed by atoms with Crippen molar-refractivity contribution in [2.45, 2.75) is 150 Å². The zero-order valence-corrected chi connectivity index (χ0v) is 44.5. The van der Waals surface area contributed by atoms with Gasteiger partial charge in [0.1, 0.15) is 0 Å². The predicted octanol–water partition coefficient (Wildman–Crippen LogP) is 17.7. The Bertz CT molecular complexity index is 2280. The summed E-state index contributed by atoms with van der Waals surface area (Å²) in [5, 5.41) is 0. The van der Waals surface area contributed by atoms with Gasteiger partial charge in [0.15, 0.2) is 0 Å². The molecule has 4 heteroatoms. The van der Waals surface area contributed by atoms with Gasteiger partial charge in [0.25, 0.3) is 0 Å². The molecule has 10 aliphatic rings. The molecule has 0 aliphatic heterocycles. The summed E-state index contributed by atoms with van der Waals surface area (Å²) in [4.78, 5) is 0. The van der Waals surface area contributed by atoms with E-state index in [0.29, 0.717) is 10.8 Å². The fraction of sp³-hybridized carbons (Fsp3) is 0.533. The zero-order valence-electron chi connectivity index (χ0n) is 39.4. The molecule has 0 N–H and O–H groups in total. The van der Waals surface area contributed by atoms with Gasteiger partial charge in [0, 0.05) is 0 Å². The van der Waals surface area contributed by atoms with Crippen LogP contribution in [0.1, 0.15) is 157 Å². The van der Waals surface area contributed by atoms with Crippen LogP contribution in [-0.4, -0.2) is 5.92 Å². The summed E-state index contributed by atoms with van der Waals surface area (Å²) in [6, 6.07) is 33.7. The molecule has 10 aliphatic carbocycles. The quantitative estimate of drug-likeness (QED) is 0.117. The topological polar surface area (TPSA) is 0 Å². The van der Waals surface area contributed by atoms with Gasteiger partial charge in [-0.2, -0.15) is 0 Å². The summed E-state index contributed by atoms with van der Waals surface area (Å²) in [6.07, 6.45) is 29.9. The van der Waals surface area contributed by atoms with E-state index in [0.717, 1.165) is 48.3 Å². The molecule has 0 nitrogen and oxygen atoms in total. The van der Waals surface area contributed by atoms with E-state index in [4.69, 9.17) is 0 Å². The summed E-state index contributed by atoms with van der Waals surface area (Å²) in [5.41, 5.74) is 18.3. The molecular weight excluding hydrogens is 911 g/mol. The third kappa shape index (κ3) is 7.07. The number of benzene rings is 4. The normalized spacial score (nSPS) is 33.6. The third-order valence-corrected chi connectivity index (χ3v) is 71.5. The van der Waals surface area contributed by atoms with Crippen LogP contribution >= 0.6 is 17.0 Å². The first-order valence-electron chi connectivity index (χ1n) is 26.3. The van der Waals surface area contributed by atoms with E-state index in [-0.39, 0.29) is 7.25 Å². The van der Waals surface area contributed by atoms with Crippen LogP contribution in [0.15, 0.2) is 96.1 Å². The molecular formula is C60H73Cl2SiZr. The van der Waals surface area contributed by atoms with Gasteiger partial charge in [-0.25, -0.2) is 0 Å². The van der Waals surface area contributed by atoms with Gasteiger partial charge in [-0.15, -0.1) is 0 Å². The van der Waals surface area contributed by atoms with E-state index < -0.39 is 21.5 Å². The molecule has 0 heterocycles. The van der Waals surface area contributed by atoms with E-state index >= 15 is 0 Å². The Morgan fingerprint density at radius 1 is 0.500 bits per heavy atom. The third-order valence-electron chi connectivity index (χ3n) is 19.6. The maximum atomic E-state index is 9.42. The number of halogens is 2. The van der Waals surface area contributed by atoms with Crippen LogP contribution in [0.5, 0.6) is 0 Å². The molecule has 2 unspecified atom stereocenters. The van der Waals surface area contributed by atoms with Crippen molar-refractivity contribution in [1.82, 2.24) is 0 Å². The molecule has 0 saturated heterocycles. The van der Waals surface area contributed by atoms with Gasteiger partial charge in [0.05, 0.1) is 0 Å². The molecule has 335 valence electrons. The van der Waals surface area contributed by atoms with Crippen molar-refractivity contribution in [3.63, 3.8) is 0 Å². The molecule has 0 aromatic heterocycles. The van der Waals surface area contributed by atoms with E-state index in [1.54, 1.807) is 11.1 Å². The molecule has 4 aromatic carbocycles. The Balaban J connectivity index is 1.04. The van der Waals surface area contributed by atoms with Gasteiger partial charge >= 0.3 is 398 Å². The summed E-state index contributed by atoms with van der Waals surface area (Å²) in [7, 11) is 18.8. The van der Waals surface area contributed by atoms with Crippen molar-refractivity contribution in [1.29, 1.82) is 0 Å². The van der Waals surface area contributed by atoms with Crippen molar-refractivity contribution >= 4 is 35.1 Å². The Morgan fingerprint density at radius 3 is 1.16 bits per heavy atom. The Morgan fingerprint density at radius 2 is 0.844 bits per heavy atom. The fourth-order valence-electron chi connectivity index (χ4n) is 18.0. The Labute approximate surface area is 395 Å². The van der Waals surface area contributed by atoms with Gasteiger partial charge in [-0.05, 0) is 0 Å². The monoisotopic (exact) mass is 981 g/mol. The van der Waals surface area contributed by atoms with Crippen LogP contribution in [0.25, 0.3) is 34.4 Å². The second kappa shape index (κ2) is 16.1. The molecule has 0 amide bonds. The zero-order chi connectivity index (χ0) is 43.6. The first kappa shape index (κ1) is 43.3. The number of fused-ring (bicyclic) bond motifs is 2. The summed E-state index contributed by atoms with van der Waals surface area (Å²) < 4.78 is 0.290. The minimum atomic E-state index is -5.13. The molecule has 14 rings (SSSR count). The SMILES string of the molecule is CCCc1ccc(-c2cccc3c2C=C(CC24CC5CC(CC(C5)C2)C4)[CH]3[Zr]([Cl])([Cl])([CH]2C(CC34CC5CC(CC(C5)C3)C4)=Cc3c(-c4ccc(CCC)cc4)cccc32)[SiH](C)C)cc1. The van der Waals surface area contributed by atoms with E-state index in [1.807, 2.05) is 0 Å². The average molecular weight is 984 g/mol. The van der Waals surface area contributed by atoms with Crippen LogP contribution in [0.4, 0.5) is 0 Å². The number of allylic oxidation sites excluding steroid dienone is 2. The van der Waals surface area contributed by atoms with Crippen molar-refractivity contribution < 1.29 is 15.6 Å². The van der Waals surface area contributed by atoms with Gasteiger partial charge in [0.2, 0.25) is 0 Å². The molecule has 8 fully saturated rings. The molecule has 2 atom stereocenters. The summed E-state index contributed by atoms with van der Waals surface area (Å²) in [6.45, 7) is 9.80. The first-order chi connectivity index (χ1) is 30.9. The molecule has 64 heavy (non-hydrogen) atoms. The average Bonchev–Trinajstić information content (AvgIpc) is 3.82. The van der Waals surface area contributed by atoms with E-state index in [2.05, 4.69) is 124 Å². The van der Waals surface area contributed by atoms with Crippen molar-refractivity contribution in [2.24, 2.45) is 46.3 Å². The molecule has 0 spiro atoms. The van der Waals surface area contributed by atoms with Crippen LogP contribution in [0.3, 0.4) is 0 Å². The molecule has 8 saturated carbocycles. The van der Waals surface area contributed by atoms with Crippen LogP contribution in [0, 0.1) is 46.3 Å². The standard InChI is InChI=1S/2C29H33.C2H7Si.2ClH.Zr/c2*1-2-4-20-7-9-25(10-8-20)27-6-3-5-26-14-24(15-28(26)27)19-29-16-21-11-22(17-29)13-23(12-21)18-29;1-3-2;;;/h2*3,5-10,14-15,21-23H,2,4,11-13,16-19H2,1H3;3H,1-2H3;2*1H;/q;;;;;+2/p-2. The van der Waals surface area contributed by atoms with Gasteiger partial charge in [-0.1, -0.05) is 0 Å². The first-order valence-corrected chi connectivity index (χ1v) is 42.7. The predicted molar refractivity (Wildman–Crippen MR) is 274 cm³/mol. The van der Waals surface area contributed by atoms with Crippen LogP contribution < -0.4 is 0 Å². The van der Waals surface area contributed by atoms with Gasteiger partial charge in [-0.3, -0.25) is 0 Å². The van der Waals surface area contributed by atoms with E-state index in [9.17, 15) is 17.0 Å². The number of hydrogen-bond donors (Lipinski definition) is 0. The number of aryl methyl sites for hydroxylation is 2. The second-order valence-electron chi connectivity index (χ2n) is 24.4. The Kier molecular flexibility index (Phi) is 10.9. The van der Waals surface area contributed by atoms with Crippen molar-refractivity contribution in [3.8, 4) is 22.3 Å². The molecule has 0 radical (unpaired) electrons. The number of rotatable bonds is 13. The number of hydrogen-bond acceptors (Lipinski definition) is 0. The molecule has 8 bridgehead atoms. The van der Waals surface area contributed by atoms with E-state index in [1.165, 1.54) is 158 Å². The van der Waals surface area contributed by atoms with Crippen molar-refractivity contribution in [2.75, 3.05) is 0 Å². The summed E-state index contributed by atoms with van der Waals surface area (Å²) >= 11 is -5.13. The maximum absolute atomic E-state index is 9.42. The van der Waals surface area contributed by atoms with Crippen LogP contribution in [0.2, 0.25) is 13.1 Å². The Hall–Kier alpha value is -1.96. The fourth-order valence-corrected chi connectivity index (χ4v) is 49.3. The molecule has 4 aromatic rings. The van der Waals surface area contributed by atoms with Crippen molar-refractivity contribution in [3.05, 3.63) is 129 Å². The van der Waals surface area contributed by atoms with Crippen LogP contribution in [-0.2, 0) is 28.4 Å².